The predicted octanol–water partition coefficient (Wildman–Crippen LogP) is 6.33. The summed E-state index contributed by atoms with van der Waals surface area (Å²) in [5.74, 6) is -0.529. The van der Waals surface area contributed by atoms with Crippen molar-refractivity contribution in [2.75, 3.05) is 24.6 Å². The minimum atomic E-state index is -0.398. The van der Waals surface area contributed by atoms with E-state index in [1.54, 1.807) is 41.3 Å². The number of hydrogen-bond acceptors (Lipinski definition) is 5. The van der Waals surface area contributed by atoms with E-state index >= 15 is 0 Å². The molecule has 0 unspecified atom stereocenters. The molecule has 0 aliphatic carbocycles. The van der Waals surface area contributed by atoms with Gasteiger partial charge in [0.25, 0.3) is 11.8 Å². The summed E-state index contributed by atoms with van der Waals surface area (Å²) in [7, 11) is 0. The molecule has 1 aliphatic rings. The van der Waals surface area contributed by atoms with Crippen LogP contribution in [0.1, 0.15) is 33.4 Å². The van der Waals surface area contributed by atoms with Crippen molar-refractivity contribution in [3.63, 3.8) is 0 Å². The lowest BCUT2D eigenvalue weighted by Gasteiger charge is -2.21. The lowest BCUT2D eigenvalue weighted by Crippen LogP contribution is -2.29. The van der Waals surface area contributed by atoms with Gasteiger partial charge in [0.2, 0.25) is 0 Å². The second-order valence-corrected chi connectivity index (χ2v) is 9.65. The van der Waals surface area contributed by atoms with Crippen LogP contribution in [0.4, 0.5) is 10.8 Å². The Bertz CT molecular complexity index is 1170. The van der Waals surface area contributed by atoms with Gasteiger partial charge < -0.3 is 9.64 Å². The van der Waals surface area contributed by atoms with Crippen molar-refractivity contribution in [1.82, 2.24) is 9.88 Å². The number of halogens is 3. The third-order valence-electron chi connectivity index (χ3n) is 5.18. The molecule has 0 spiro atoms. The van der Waals surface area contributed by atoms with Crippen LogP contribution in [0.2, 0.25) is 15.1 Å². The van der Waals surface area contributed by atoms with Crippen LogP contribution in [0.3, 0.4) is 0 Å². The molecule has 0 radical (unpaired) electrons. The Balaban J connectivity index is 1.66. The van der Waals surface area contributed by atoms with Crippen molar-refractivity contribution in [3.8, 4) is 0 Å². The van der Waals surface area contributed by atoms with E-state index in [9.17, 15) is 9.59 Å². The lowest BCUT2D eigenvalue weighted by atomic mass is 10.2. The van der Waals surface area contributed by atoms with Crippen molar-refractivity contribution in [2.24, 2.45) is 0 Å². The van der Waals surface area contributed by atoms with E-state index in [1.165, 1.54) is 17.2 Å². The fourth-order valence-corrected chi connectivity index (χ4v) is 5.11. The van der Waals surface area contributed by atoms with Crippen molar-refractivity contribution in [1.29, 1.82) is 0 Å². The molecule has 6 nitrogen and oxygen atoms in total. The first-order valence-corrected chi connectivity index (χ1v) is 12.2. The predicted molar refractivity (Wildman–Crippen MR) is 132 cm³/mol. The summed E-state index contributed by atoms with van der Waals surface area (Å²) >= 11 is 19.5. The molecule has 10 heteroatoms. The number of benzene rings is 2. The first kappa shape index (κ1) is 24.0. The van der Waals surface area contributed by atoms with Crippen molar-refractivity contribution >= 4 is 68.8 Å². The van der Waals surface area contributed by atoms with Gasteiger partial charge in [0, 0.05) is 29.7 Å². The highest BCUT2D eigenvalue weighted by Crippen LogP contribution is 2.34. The maximum atomic E-state index is 13.5. The van der Waals surface area contributed by atoms with Crippen molar-refractivity contribution in [3.05, 3.63) is 74.2 Å². The Morgan fingerprint density at radius 1 is 1.15 bits per heavy atom. The second kappa shape index (κ2) is 10.4. The molecule has 0 bridgehead atoms. The zero-order chi connectivity index (χ0) is 23.5. The van der Waals surface area contributed by atoms with Gasteiger partial charge in [0.1, 0.15) is 4.88 Å². The van der Waals surface area contributed by atoms with Crippen molar-refractivity contribution in [2.45, 2.75) is 19.4 Å². The van der Waals surface area contributed by atoms with E-state index in [1.807, 2.05) is 6.92 Å². The van der Waals surface area contributed by atoms with Crippen LogP contribution < -0.4 is 4.90 Å². The molecule has 1 aromatic heterocycles. The molecule has 3 aromatic rings. The molecule has 1 aliphatic heterocycles. The number of carbonyl (C=O) groups is 2. The highest BCUT2D eigenvalue weighted by molar-refractivity contribution is 7.17. The number of thiazole rings is 1. The van der Waals surface area contributed by atoms with Gasteiger partial charge in [-0.2, -0.15) is 0 Å². The van der Waals surface area contributed by atoms with E-state index < -0.39 is 5.91 Å². The van der Waals surface area contributed by atoms with Crippen LogP contribution in [0.25, 0.3) is 0 Å². The largest absolute Gasteiger partial charge is 0.377 e. The second-order valence-electron chi connectivity index (χ2n) is 7.37. The van der Waals surface area contributed by atoms with Crippen LogP contribution >= 0.6 is 46.1 Å². The molecular weight excluding hydrogens is 505 g/mol. The quantitative estimate of drug-likeness (QED) is 0.378. The van der Waals surface area contributed by atoms with Crippen LogP contribution in [-0.2, 0) is 4.74 Å². The van der Waals surface area contributed by atoms with Gasteiger partial charge >= 0.3 is 0 Å². The maximum absolute atomic E-state index is 13.5. The maximum Gasteiger partial charge on any atom is 0.266 e. The van der Waals surface area contributed by atoms with Crippen LogP contribution in [0.5, 0.6) is 0 Å². The molecule has 0 N–H and O–H groups in total. The minimum Gasteiger partial charge on any atom is -0.377 e. The number of aromatic nitrogens is 1. The van der Waals surface area contributed by atoms with Gasteiger partial charge in [-0.3, -0.25) is 14.5 Å². The Labute approximate surface area is 210 Å². The summed E-state index contributed by atoms with van der Waals surface area (Å²) in [6, 6.07) is 11.4. The molecule has 33 heavy (non-hydrogen) atoms. The van der Waals surface area contributed by atoms with Crippen molar-refractivity contribution < 1.29 is 14.3 Å². The molecule has 2 aromatic carbocycles. The highest BCUT2D eigenvalue weighted by Gasteiger charge is 2.30. The summed E-state index contributed by atoms with van der Waals surface area (Å²) in [5.41, 5.74) is 0.805. The summed E-state index contributed by atoms with van der Waals surface area (Å²) in [4.78, 5) is 34.6. The third kappa shape index (κ3) is 5.34. The Kier molecular flexibility index (Phi) is 7.56. The number of carbonyl (C=O) groups excluding carboxylic acids is 2. The van der Waals surface area contributed by atoms with E-state index in [0.29, 0.717) is 45.4 Å². The topological polar surface area (TPSA) is 62.7 Å². The molecular formula is C23H20Cl3N3O3S. The number of rotatable bonds is 6. The summed E-state index contributed by atoms with van der Waals surface area (Å²) < 4.78 is 5.64. The average molecular weight is 525 g/mol. The molecule has 0 saturated carbocycles. The third-order valence-corrected chi connectivity index (χ3v) is 6.95. The van der Waals surface area contributed by atoms with Gasteiger partial charge in [0.15, 0.2) is 5.13 Å². The van der Waals surface area contributed by atoms with Crippen LogP contribution in [0.15, 0.2) is 48.7 Å². The van der Waals surface area contributed by atoms with Gasteiger partial charge in [-0.15, -0.1) is 0 Å². The molecule has 4 rings (SSSR count). The normalized spacial score (nSPS) is 15.6. The van der Waals surface area contributed by atoms with E-state index in [0.717, 1.165) is 17.8 Å². The van der Waals surface area contributed by atoms with Gasteiger partial charge in [-0.25, -0.2) is 4.98 Å². The SMILES string of the molecule is CCO[C@@H]1CCN(C(=O)c2cnc(N(C(=O)c3ccc(Cl)cc3Cl)c3ccc(Cl)cc3)s2)C1. The van der Waals surface area contributed by atoms with Crippen LogP contribution in [-0.4, -0.2) is 47.5 Å². The number of ether oxygens (including phenoxy) is 1. The fraction of sp³-hybridized carbons (Fsp3) is 0.261. The number of nitrogens with zero attached hydrogens (tertiary/aromatic N) is 3. The monoisotopic (exact) mass is 523 g/mol. The molecule has 2 heterocycles. The molecule has 1 atom stereocenters. The van der Waals surface area contributed by atoms with E-state index in [-0.39, 0.29) is 22.6 Å². The first-order valence-electron chi connectivity index (χ1n) is 10.3. The zero-order valence-corrected chi connectivity index (χ0v) is 20.7. The summed E-state index contributed by atoms with van der Waals surface area (Å²) in [5, 5.41) is 1.52. The Morgan fingerprint density at radius 2 is 1.88 bits per heavy atom. The number of hydrogen-bond donors (Lipinski definition) is 0. The number of amides is 2. The van der Waals surface area contributed by atoms with Gasteiger partial charge in [-0.1, -0.05) is 46.1 Å². The Hall–Kier alpha value is -2.16. The summed E-state index contributed by atoms with van der Waals surface area (Å²) in [6.07, 6.45) is 2.34. The van der Waals surface area contributed by atoms with E-state index in [4.69, 9.17) is 39.5 Å². The van der Waals surface area contributed by atoms with Crippen LogP contribution in [0, 0.1) is 0 Å². The molecule has 172 valence electrons. The molecule has 1 fully saturated rings. The highest BCUT2D eigenvalue weighted by atomic mass is 35.5. The minimum absolute atomic E-state index is 0.0468. The fourth-order valence-electron chi connectivity index (χ4n) is 3.60. The van der Waals surface area contributed by atoms with Gasteiger partial charge in [-0.05, 0) is 55.8 Å². The molecule has 1 saturated heterocycles. The average Bonchev–Trinajstić information content (AvgIpc) is 3.45. The molecule has 2 amide bonds. The Morgan fingerprint density at radius 3 is 2.58 bits per heavy atom. The summed E-state index contributed by atoms with van der Waals surface area (Å²) in [6.45, 7) is 3.72. The van der Waals surface area contributed by atoms with E-state index in [2.05, 4.69) is 4.98 Å². The van der Waals surface area contributed by atoms with Gasteiger partial charge in [0.05, 0.1) is 28.6 Å². The number of anilines is 2. The smallest absolute Gasteiger partial charge is 0.266 e. The number of likely N-dealkylation sites (tertiary alicyclic amines) is 1. The standard InChI is InChI=1S/C23H20Cl3N3O3S/c1-2-32-17-9-10-28(13-17)22(31)20-12-27-23(33-20)29(16-6-3-14(24)4-7-16)21(30)18-8-5-15(25)11-19(18)26/h3-8,11-12,17H,2,9-10,13H2,1H3/t17-/m1/s1. The zero-order valence-electron chi connectivity index (χ0n) is 17.6. The lowest BCUT2D eigenvalue weighted by molar-refractivity contribution is 0.0600. The first-order chi connectivity index (χ1) is 15.9.